The first-order valence-electron chi connectivity index (χ1n) is 7.75. The van der Waals surface area contributed by atoms with E-state index in [0.29, 0.717) is 17.3 Å². The van der Waals surface area contributed by atoms with Crippen molar-refractivity contribution in [2.24, 2.45) is 5.10 Å². The summed E-state index contributed by atoms with van der Waals surface area (Å²) in [6.45, 7) is 0.181. The number of nitro benzene ring substituents is 1. The molecule has 8 nitrogen and oxygen atoms in total. The third-order valence-electron chi connectivity index (χ3n) is 3.51. The van der Waals surface area contributed by atoms with Gasteiger partial charge in [-0.2, -0.15) is 5.10 Å². The van der Waals surface area contributed by atoms with Gasteiger partial charge in [0.15, 0.2) is 11.5 Å². The second-order valence-corrected chi connectivity index (χ2v) is 7.28. The number of nitro groups is 1. The van der Waals surface area contributed by atoms with Crippen LogP contribution in [-0.4, -0.2) is 29.6 Å². The fraction of sp³-hybridized carbons (Fsp3) is 0.176. The Kier molecular flexibility index (Phi) is 6.30. The Balaban J connectivity index is 1.47. The predicted molar refractivity (Wildman–Crippen MR) is 105 cm³/mol. The summed E-state index contributed by atoms with van der Waals surface area (Å²) in [6, 6.07) is 9.89. The maximum absolute atomic E-state index is 11.9. The molecule has 0 radical (unpaired) electrons. The first-order chi connectivity index (χ1) is 13.0. The quantitative estimate of drug-likeness (QED) is 0.392. The number of thioether (sulfide) groups is 1. The van der Waals surface area contributed by atoms with Gasteiger partial charge in [0.2, 0.25) is 12.7 Å². The van der Waals surface area contributed by atoms with E-state index in [4.69, 9.17) is 9.47 Å². The molecule has 0 aromatic heterocycles. The lowest BCUT2D eigenvalue weighted by Gasteiger charge is -2.03. The molecule has 0 unspecified atom stereocenters. The van der Waals surface area contributed by atoms with Crippen LogP contribution in [0.4, 0.5) is 5.69 Å². The van der Waals surface area contributed by atoms with Crippen LogP contribution in [0, 0.1) is 10.1 Å². The third kappa shape index (κ3) is 5.20. The zero-order valence-electron chi connectivity index (χ0n) is 13.9. The van der Waals surface area contributed by atoms with Crippen molar-refractivity contribution in [2.45, 2.75) is 5.75 Å². The Morgan fingerprint density at radius 1 is 1.33 bits per heavy atom. The average molecular weight is 452 g/mol. The van der Waals surface area contributed by atoms with Crippen LogP contribution in [0.2, 0.25) is 0 Å². The van der Waals surface area contributed by atoms with Gasteiger partial charge in [0, 0.05) is 27.9 Å². The number of hydrogen-bond acceptors (Lipinski definition) is 7. The van der Waals surface area contributed by atoms with Crippen LogP contribution in [-0.2, 0) is 10.5 Å². The number of amides is 1. The van der Waals surface area contributed by atoms with E-state index >= 15 is 0 Å². The topological polar surface area (TPSA) is 103 Å². The highest BCUT2D eigenvalue weighted by atomic mass is 79.9. The largest absolute Gasteiger partial charge is 0.454 e. The Morgan fingerprint density at radius 3 is 2.89 bits per heavy atom. The molecule has 1 N–H and O–H groups in total. The number of carbonyl (C=O) groups excluding carboxylic acids is 1. The number of carbonyl (C=O) groups is 1. The minimum atomic E-state index is -0.441. The summed E-state index contributed by atoms with van der Waals surface area (Å²) in [5.41, 5.74) is 4.02. The summed E-state index contributed by atoms with van der Waals surface area (Å²) in [6.07, 6.45) is 1.51. The van der Waals surface area contributed by atoms with Gasteiger partial charge in [-0.3, -0.25) is 14.9 Å². The van der Waals surface area contributed by atoms with Crippen LogP contribution in [0.3, 0.4) is 0 Å². The molecule has 2 aromatic rings. The van der Waals surface area contributed by atoms with Crippen LogP contribution in [0.1, 0.15) is 11.1 Å². The molecule has 0 atom stereocenters. The summed E-state index contributed by atoms with van der Waals surface area (Å²) < 4.78 is 11.3. The molecule has 27 heavy (non-hydrogen) atoms. The van der Waals surface area contributed by atoms with Crippen LogP contribution in [0.15, 0.2) is 46.0 Å². The van der Waals surface area contributed by atoms with Gasteiger partial charge in [0.25, 0.3) is 5.69 Å². The van der Waals surface area contributed by atoms with Crippen molar-refractivity contribution in [3.05, 3.63) is 62.1 Å². The van der Waals surface area contributed by atoms with Gasteiger partial charge >= 0.3 is 0 Å². The predicted octanol–water partition coefficient (Wildman–Crippen LogP) is 3.47. The molecule has 0 bridgehead atoms. The van der Waals surface area contributed by atoms with E-state index in [2.05, 4.69) is 26.5 Å². The highest BCUT2D eigenvalue weighted by Gasteiger charge is 2.15. The Hall–Kier alpha value is -2.59. The standard InChI is InChI=1S/C17H14BrN3O5S/c18-14-6-16-15(25-10-26-16)5-12(14)7-19-20-17(22)9-27-8-11-2-1-3-13(4-11)21(23)24/h1-7H,8-10H2,(H,20,22)/b19-7-. The molecular formula is C17H14BrN3O5S. The molecule has 1 aliphatic heterocycles. The number of non-ortho nitro benzene ring substituents is 1. The van der Waals surface area contributed by atoms with Crippen molar-refractivity contribution in [1.29, 1.82) is 0 Å². The molecule has 0 saturated heterocycles. The Labute approximate surface area is 167 Å². The first-order valence-corrected chi connectivity index (χ1v) is 9.70. The monoisotopic (exact) mass is 451 g/mol. The molecule has 1 amide bonds. The van der Waals surface area contributed by atoms with E-state index in [-0.39, 0.29) is 24.1 Å². The van der Waals surface area contributed by atoms with Gasteiger partial charge in [0.05, 0.1) is 16.9 Å². The number of benzene rings is 2. The summed E-state index contributed by atoms with van der Waals surface area (Å²) in [4.78, 5) is 22.2. The zero-order valence-corrected chi connectivity index (χ0v) is 16.3. The SMILES string of the molecule is O=C(CSCc1cccc([N+](=O)[O-])c1)N/N=C\c1cc2c(cc1Br)OCO2. The molecule has 0 saturated carbocycles. The third-order valence-corrected chi connectivity index (χ3v) is 5.20. The Bertz CT molecular complexity index is 906. The number of halogens is 1. The number of hydrogen-bond donors (Lipinski definition) is 1. The van der Waals surface area contributed by atoms with Crippen molar-refractivity contribution in [1.82, 2.24) is 5.43 Å². The van der Waals surface area contributed by atoms with Crippen LogP contribution in [0.5, 0.6) is 11.5 Å². The van der Waals surface area contributed by atoms with E-state index in [0.717, 1.165) is 15.6 Å². The average Bonchev–Trinajstić information content (AvgIpc) is 3.09. The van der Waals surface area contributed by atoms with Crippen molar-refractivity contribution >= 4 is 45.5 Å². The number of hydrazone groups is 1. The Morgan fingerprint density at radius 2 is 2.11 bits per heavy atom. The molecular weight excluding hydrogens is 438 g/mol. The molecule has 10 heteroatoms. The molecule has 3 rings (SSSR count). The van der Waals surface area contributed by atoms with E-state index in [1.54, 1.807) is 24.3 Å². The highest BCUT2D eigenvalue weighted by Crippen LogP contribution is 2.36. The van der Waals surface area contributed by atoms with E-state index in [9.17, 15) is 14.9 Å². The lowest BCUT2D eigenvalue weighted by atomic mass is 10.2. The van der Waals surface area contributed by atoms with Gasteiger partial charge < -0.3 is 9.47 Å². The number of rotatable bonds is 7. The van der Waals surface area contributed by atoms with Gasteiger partial charge in [-0.1, -0.05) is 12.1 Å². The van der Waals surface area contributed by atoms with Crippen molar-refractivity contribution in [3.8, 4) is 11.5 Å². The first kappa shape index (κ1) is 19.2. The summed E-state index contributed by atoms with van der Waals surface area (Å²) in [5, 5.41) is 14.7. The zero-order chi connectivity index (χ0) is 19.2. The summed E-state index contributed by atoms with van der Waals surface area (Å²) in [5.74, 6) is 1.69. The maximum Gasteiger partial charge on any atom is 0.269 e. The second-order valence-electron chi connectivity index (χ2n) is 5.44. The second kappa shape index (κ2) is 8.87. The van der Waals surface area contributed by atoms with Crippen molar-refractivity contribution < 1.29 is 19.2 Å². The van der Waals surface area contributed by atoms with Crippen LogP contribution in [0.25, 0.3) is 0 Å². The lowest BCUT2D eigenvalue weighted by molar-refractivity contribution is -0.384. The van der Waals surface area contributed by atoms with Gasteiger partial charge in [-0.25, -0.2) is 5.43 Å². The molecule has 140 valence electrons. The molecule has 2 aromatic carbocycles. The molecule has 1 heterocycles. The van der Waals surface area contributed by atoms with E-state index < -0.39 is 4.92 Å². The minimum Gasteiger partial charge on any atom is -0.454 e. The van der Waals surface area contributed by atoms with Crippen molar-refractivity contribution in [3.63, 3.8) is 0 Å². The number of fused-ring (bicyclic) bond motifs is 1. The minimum absolute atomic E-state index is 0.0384. The number of ether oxygens (including phenoxy) is 2. The van der Waals surface area contributed by atoms with Crippen LogP contribution >= 0.6 is 27.7 Å². The molecule has 0 fully saturated rings. The highest BCUT2D eigenvalue weighted by molar-refractivity contribution is 9.10. The van der Waals surface area contributed by atoms with Crippen LogP contribution < -0.4 is 14.9 Å². The number of nitrogens with zero attached hydrogens (tertiary/aromatic N) is 2. The summed E-state index contributed by atoms with van der Waals surface area (Å²) in [7, 11) is 0. The lowest BCUT2D eigenvalue weighted by Crippen LogP contribution is -2.19. The van der Waals surface area contributed by atoms with Crippen molar-refractivity contribution in [2.75, 3.05) is 12.5 Å². The smallest absolute Gasteiger partial charge is 0.269 e. The fourth-order valence-corrected chi connectivity index (χ4v) is 3.45. The van der Waals surface area contributed by atoms with Gasteiger partial charge in [-0.15, -0.1) is 11.8 Å². The molecule has 0 aliphatic carbocycles. The van der Waals surface area contributed by atoms with Gasteiger partial charge in [-0.05, 0) is 33.6 Å². The number of nitrogens with one attached hydrogen (secondary N) is 1. The van der Waals surface area contributed by atoms with E-state index in [1.807, 2.05) is 0 Å². The molecule has 0 spiro atoms. The normalized spacial score (nSPS) is 12.3. The summed E-state index contributed by atoms with van der Waals surface area (Å²) >= 11 is 4.76. The van der Waals surface area contributed by atoms with E-state index in [1.165, 1.54) is 30.1 Å². The fourth-order valence-electron chi connectivity index (χ4n) is 2.26. The van der Waals surface area contributed by atoms with Gasteiger partial charge in [0.1, 0.15) is 0 Å². The maximum atomic E-state index is 11.9. The molecule has 1 aliphatic rings.